The lowest BCUT2D eigenvalue weighted by Gasteiger charge is -2.08. The number of H-pyrrole nitrogens is 1. The molecule has 0 fully saturated rings. The Morgan fingerprint density at radius 3 is 2.00 bits per heavy atom. The molecule has 0 radical (unpaired) electrons. The van der Waals surface area contributed by atoms with Crippen molar-refractivity contribution in [2.45, 2.75) is 19.5 Å². The fourth-order valence-corrected chi connectivity index (χ4v) is 3.20. The summed E-state index contributed by atoms with van der Waals surface area (Å²) in [6.45, 7) is 1.75. The third kappa shape index (κ3) is 3.58. The SMILES string of the molecule is CCc1c(-c2ccc(C(F)(F)F)cc2)[nH]c(-c2cc(O)c(O)c(O)c2)c1C(N)=O. The fraction of sp³-hybridized carbons (Fsp3) is 0.150. The van der Waals surface area contributed by atoms with Crippen LogP contribution in [0.2, 0.25) is 0 Å². The maximum Gasteiger partial charge on any atom is 0.416 e. The predicted molar refractivity (Wildman–Crippen MR) is 99.6 cm³/mol. The standard InChI is InChI=1S/C20H17F3N2O4/c1-2-12-15(19(24)29)17(10-7-13(26)18(28)14(27)8-10)25-16(12)9-3-5-11(6-4-9)20(21,22)23/h3-8,25-28H,2H2,1H3,(H2,24,29). The number of phenols is 3. The lowest BCUT2D eigenvalue weighted by Crippen LogP contribution is -2.13. The van der Waals surface area contributed by atoms with E-state index in [9.17, 15) is 33.3 Å². The number of nitrogens with two attached hydrogens (primary N) is 1. The number of primary amides is 1. The average Bonchev–Trinajstić information content (AvgIpc) is 3.05. The number of carbonyl (C=O) groups is 1. The zero-order valence-corrected chi connectivity index (χ0v) is 15.1. The first-order valence-electron chi connectivity index (χ1n) is 8.52. The quantitative estimate of drug-likeness (QED) is 0.418. The molecule has 152 valence electrons. The number of rotatable bonds is 4. The third-order valence-electron chi connectivity index (χ3n) is 4.56. The van der Waals surface area contributed by atoms with Crippen molar-refractivity contribution in [3.05, 3.63) is 53.1 Å². The van der Waals surface area contributed by atoms with Gasteiger partial charge in [0.2, 0.25) is 0 Å². The van der Waals surface area contributed by atoms with Crippen molar-refractivity contribution in [1.29, 1.82) is 0 Å². The van der Waals surface area contributed by atoms with Crippen molar-refractivity contribution < 1.29 is 33.3 Å². The number of benzene rings is 2. The van der Waals surface area contributed by atoms with Crippen molar-refractivity contribution in [3.8, 4) is 39.8 Å². The van der Waals surface area contributed by atoms with Gasteiger partial charge in [0, 0.05) is 11.3 Å². The molecule has 0 saturated carbocycles. The molecule has 3 aromatic rings. The summed E-state index contributed by atoms with van der Waals surface area (Å²) in [6.07, 6.45) is -4.15. The first-order valence-corrected chi connectivity index (χ1v) is 8.52. The molecule has 0 unspecified atom stereocenters. The summed E-state index contributed by atoms with van der Waals surface area (Å²) in [6, 6.07) is 6.66. The van der Waals surface area contributed by atoms with Gasteiger partial charge in [-0.1, -0.05) is 19.1 Å². The van der Waals surface area contributed by atoms with E-state index >= 15 is 0 Å². The largest absolute Gasteiger partial charge is 0.504 e. The lowest BCUT2D eigenvalue weighted by molar-refractivity contribution is -0.137. The highest BCUT2D eigenvalue weighted by Gasteiger charge is 2.30. The molecule has 2 aromatic carbocycles. The highest BCUT2D eigenvalue weighted by molar-refractivity contribution is 6.03. The van der Waals surface area contributed by atoms with Gasteiger partial charge in [-0.2, -0.15) is 13.2 Å². The topological polar surface area (TPSA) is 120 Å². The summed E-state index contributed by atoms with van der Waals surface area (Å²) in [5, 5.41) is 29.1. The second-order valence-electron chi connectivity index (χ2n) is 6.38. The van der Waals surface area contributed by atoms with Crippen LogP contribution in [0.25, 0.3) is 22.5 Å². The molecule has 1 amide bonds. The molecule has 1 aromatic heterocycles. The van der Waals surface area contributed by atoms with E-state index in [0.29, 0.717) is 23.2 Å². The van der Waals surface area contributed by atoms with E-state index in [1.807, 2.05) is 0 Å². The molecule has 0 saturated heterocycles. The molecule has 6 nitrogen and oxygen atoms in total. The zero-order valence-electron chi connectivity index (χ0n) is 15.1. The van der Waals surface area contributed by atoms with Crippen LogP contribution in [0.4, 0.5) is 13.2 Å². The van der Waals surface area contributed by atoms with Gasteiger partial charge in [-0.15, -0.1) is 0 Å². The number of alkyl halides is 3. The number of nitrogens with one attached hydrogen (secondary N) is 1. The van der Waals surface area contributed by atoms with E-state index in [2.05, 4.69) is 4.98 Å². The van der Waals surface area contributed by atoms with Gasteiger partial charge < -0.3 is 26.0 Å². The normalized spacial score (nSPS) is 11.6. The number of halogens is 3. The van der Waals surface area contributed by atoms with E-state index in [-0.39, 0.29) is 16.8 Å². The predicted octanol–water partition coefficient (Wildman–Crippen LogP) is 4.15. The molecule has 9 heteroatoms. The van der Waals surface area contributed by atoms with Crippen LogP contribution in [-0.4, -0.2) is 26.2 Å². The van der Waals surface area contributed by atoms with Gasteiger partial charge in [0.1, 0.15) is 0 Å². The van der Waals surface area contributed by atoms with Crippen LogP contribution >= 0.6 is 0 Å². The first-order chi connectivity index (χ1) is 13.5. The monoisotopic (exact) mass is 406 g/mol. The molecule has 29 heavy (non-hydrogen) atoms. The fourth-order valence-electron chi connectivity index (χ4n) is 3.20. The van der Waals surface area contributed by atoms with Gasteiger partial charge in [0.25, 0.3) is 5.91 Å². The van der Waals surface area contributed by atoms with E-state index < -0.39 is 34.9 Å². The average molecular weight is 406 g/mol. The Morgan fingerprint density at radius 2 is 1.55 bits per heavy atom. The van der Waals surface area contributed by atoms with Crippen LogP contribution in [-0.2, 0) is 12.6 Å². The van der Waals surface area contributed by atoms with Crippen LogP contribution in [0.15, 0.2) is 36.4 Å². The molecule has 0 aliphatic carbocycles. The minimum atomic E-state index is -4.48. The van der Waals surface area contributed by atoms with Crippen molar-refractivity contribution in [2.24, 2.45) is 5.73 Å². The molecule has 0 atom stereocenters. The van der Waals surface area contributed by atoms with Crippen molar-refractivity contribution in [3.63, 3.8) is 0 Å². The summed E-state index contributed by atoms with van der Waals surface area (Å²) < 4.78 is 38.5. The number of hydrogen-bond acceptors (Lipinski definition) is 4. The summed E-state index contributed by atoms with van der Waals surface area (Å²) in [7, 11) is 0. The number of aromatic amines is 1. The molecule has 0 aliphatic heterocycles. The van der Waals surface area contributed by atoms with Gasteiger partial charge in [-0.05, 0) is 41.8 Å². The molecule has 3 rings (SSSR count). The van der Waals surface area contributed by atoms with Crippen molar-refractivity contribution >= 4 is 5.91 Å². The number of aromatic hydroxyl groups is 3. The first kappa shape index (κ1) is 20.1. The molecule has 0 aliphatic rings. The maximum atomic E-state index is 12.8. The summed E-state index contributed by atoms with van der Waals surface area (Å²) >= 11 is 0. The molecule has 0 spiro atoms. The van der Waals surface area contributed by atoms with E-state index in [1.165, 1.54) is 12.1 Å². The highest BCUT2D eigenvalue weighted by atomic mass is 19.4. The van der Waals surface area contributed by atoms with Gasteiger partial charge in [-0.3, -0.25) is 4.79 Å². The number of aromatic nitrogens is 1. The van der Waals surface area contributed by atoms with Gasteiger partial charge in [0.15, 0.2) is 17.2 Å². The smallest absolute Gasteiger partial charge is 0.416 e. The van der Waals surface area contributed by atoms with E-state index in [4.69, 9.17) is 5.73 Å². The summed E-state index contributed by atoms with van der Waals surface area (Å²) in [5.41, 5.74) is 6.37. The second-order valence-corrected chi connectivity index (χ2v) is 6.38. The minimum absolute atomic E-state index is 0.0758. The van der Waals surface area contributed by atoms with Crippen LogP contribution in [0.1, 0.15) is 28.4 Å². The number of hydrogen-bond donors (Lipinski definition) is 5. The van der Waals surface area contributed by atoms with Gasteiger partial charge in [0.05, 0.1) is 16.8 Å². The molecule has 1 heterocycles. The van der Waals surface area contributed by atoms with Gasteiger partial charge in [-0.25, -0.2) is 0 Å². The Labute approximate surface area is 163 Å². The van der Waals surface area contributed by atoms with E-state index in [0.717, 1.165) is 24.3 Å². The third-order valence-corrected chi connectivity index (χ3v) is 4.56. The Balaban J connectivity index is 2.23. The lowest BCUT2D eigenvalue weighted by atomic mass is 9.98. The van der Waals surface area contributed by atoms with Crippen LogP contribution in [0.5, 0.6) is 17.2 Å². The Hall–Kier alpha value is -3.62. The van der Waals surface area contributed by atoms with Crippen LogP contribution in [0.3, 0.4) is 0 Å². The summed E-state index contributed by atoms with van der Waals surface area (Å²) in [4.78, 5) is 15.1. The number of amides is 1. The minimum Gasteiger partial charge on any atom is -0.504 e. The van der Waals surface area contributed by atoms with Crippen LogP contribution < -0.4 is 5.73 Å². The zero-order chi connectivity index (χ0) is 21.5. The molecule has 6 N–H and O–H groups in total. The molecule has 0 bridgehead atoms. The van der Waals surface area contributed by atoms with Crippen molar-refractivity contribution in [2.75, 3.05) is 0 Å². The molecular weight excluding hydrogens is 389 g/mol. The summed E-state index contributed by atoms with van der Waals surface area (Å²) in [5.74, 6) is -2.74. The van der Waals surface area contributed by atoms with Crippen LogP contribution in [0, 0.1) is 0 Å². The molecular formula is C20H17F3N2O4. The number of carbonyl (C=O) groups excluding carboxylic acids is 1. The maximum absolute atomic E-state index is 12.8. The number of phenolic OH excluding ortho intramolecular Hbond substituents is 3. The Morgan fingerprint density at radius 1 is 1.00 bits per heavy atom. The Bertz CT molecular complexity index is 1060. The second kappa shape index (κ2) is 7.08. The Kier molecular flexibility index (Phi) is 4.91. The van der Waals surface area contributed by atoms with Crippen molar-refractivity contribution in [1.82, 2.24) is 4.98 Å². The van der Waals surface area contributed by atoms with Gasteiger partial charge >= 0.3 is 6.18 Å². The van der Waals surface area contributed by atoms with E-state index in [1.54, 1.807) is 6.92 Å². The highest BCUT2D eigenvalue weighted by Crippen LogP contribution is 2.42.